The van der Waals surface area contributed by atoms with Crippen molar-refractivity contribution in [1.29, 1.82) is 0 Å². The standard InChI is InChI=1S/C18H18ClN5O3/c1-26-15-5-13(8-20-10-15)21-7-12-11-24(14-3-4-17(19)22-9-14)23-16(12)6-18(25)27-2/h3-5,8-11,21H,6-7H2,1-2H3. The molecule has 0 spiro atoms. The van der Waals surface area contributed by atoms with Crippen molar-refractivity contribution in [1.82, 2.24) is 19.7 Å². The van der Waals surface area contributed by atoms with Crippen LogP contribution in [0.3, 0.4) is 0 Å². The number of halogens is 1. The lowest BCUT2D eigenvalue weighted by Gasteiger charge is -2.07. The molecule has 140 valence electrons. The summed E-state index contributed by atoms with van der Waals surface area (Å²) in [4.78, 5) is 19.9. The predicted octanol–water partition coefficient (Wildman–Crippen LogP) is 2.65. The Kier molecular flexibility index (Phi) is 5.87. The van der Waals surface area contributed by atoms with Gasteiger partial charge >= 0.3 is 5.97 Å². The highest BCUT2D eigenvalue weighted by Gasteiger charge is 2.14. The van der Waals surface area contributed by atoms with Gasteiger partial charge in [0.25, 0.3) is 0 Å². The van der Waals surface area contributed by atoms with Crippen molar-refractivity contribution in [3.8, 4) is 11.4 Å². The monoisotopic (exact) mass is 387 g/mol. The van der Waals surface area contributed by atoms with E-state index in [1.54, 1.807) is 42.5 Å². The number of methoxy groups -OCH3 is 2. The summed E-state index contributed by atoms with van der Waals surface area (Å²) in [6.45, 7) is 0.447. The van der Waals surface area contributed by atoms with Crippen LogP contribution in [0.5, 0.6) is 5.75 Å². The summed E-state index contributed by atoms with van der Waals surface area (Å²) in [5, 5.41) is 8.15. The van der Waals surface area contributed by atoms with Gasteiger partial charge in [0.1, 0.15) is 10.9 Å². The normalized spacial score (nSPS) is 10.5. The fraction of sp³-hybridized carbons (Fsp3) is 0.222. The van der Waals surface area contributed by atoms with Crippen molar-refractivity contribution in [2.45, 2.75) is 13.0 Å². The maximum Gasteiger partial charge on any atom is 0.311 e. The van der Waals surface area contributed by atoms with Gasteiger partial charge in [0, 0.05) is 24.4 Å². The number of anilines is 1. The van der Waals surface area contributed by atoms with E-state index in [0.717, 1.165) is 16.9 Å². The molecule has 0 aromatic carbocycles. The molecule has 3 aromatic rings. The SMILES string of the molecule is COC(=O)Cc1nn(-c2ccc(Cl)nc2)cc1CNc1cncc(OC)c1. The van der Waals surface area contributed by atoms with E-state index >= 15 is 0 Å². The van der Waals surface area contributed by atoms with E-state index < -0.39 is 0 Å². The molecule has 9 heteroatoms. The maximum absolute atomic E-state index is 11.7. The molecule has 3 aromatic heterocycles. The Balaban J connectivity index is 1.84. The largest absolute Gasteiger partial charge is 0.495 e. The molecule has 0 saturated heterocycles. The minimum absolute atomic E-state index is 0.0674. The van der Waals surface area contributed by atoms with Crippen molar-refractivity contribution in [2.75, 3.05) is 19.5 Å². The molecule has 27 heavy (non-hydrogen) atoms. The highest BCUT2D eigenvalue weighted by Crippen LogP contribution is 2.18. The third-order valence-electron chi connectivity index (χ3n) is 3.82. The molecule has 0 atom stereocenters. The molecule has 3 rings (SSSR count). The number of rotatable bonds is 7. The first-order chi connectivity index (χ1) is 13.1. The van der Waals surface area contributed by atoms with Crippen molar-refractivity contribution >= 4 is 23.3 Å². The number of ether oxygens (including phenoxy) is 2. The van der Waals surface area contributed by atoms with Gasteiger partial charge in [-0.1, -0.05) is 11.6 Å². The molecule has 0 aliphatic rings. The Morgan fingerprint density at radius 2 is 2.11 bits per heavy atom. The molecule has 0 amide bonds. The second kappa shape index (κ2) is 8.50. The van der Waals surface area contributed by atoms with Gasteiger partial charge in [-0.05, 0) is 12.1 Å². The van der Waals surface area contributed by atoms with Crippen LogP contribution in [0.15, 0.2) is 43.0 Å². The number of pyridine rings is 2. The summed E-state index contributed by atoms with van der Waals surface area (Å²) in [6.07, 6.45) is 6.83. The number of carbonyl (C=O) groups excluding carboxylic acids is 1. The van der Waals surface area contributed by atoms with Crippen LogP contribution < -0.4 is 10.1 Å². The van der Waals surface area contributed by atoms with E-state index in [1.165, 1.54) is 7.11 Å². The number of nitrogens with one attached hydrogen (secondary N) is 1. The van der Waals surface area contributed by atoms with Crippen LogP contribution in [0.1, 0.15) is 11.3 Å². The van der Waals surface area contributed by atoms with E-state index in [0.29, 0.717) is 23.1 Å². The summed E-state index contributed by atoms with van der Waals surface area (Å²) in [7, 11) is 2.93. The molecular weight excluding hydrogens is 370 g/mol. The lowest BCUT2D eigenvalue weighted by Crippen LogP contribution is -2.09. The molecule has 0 aliphatic heterocycles. The van der Waals surface area contributed by atoms with Gasteiger partial charge in [0.15, 0.2) is 0 Å². The zero-order valence-electron chi connectivity index (χ0n) is 14.8. The Morgan fingerprint density at radius 1 is 1.26 bits per heavy atom. The van der Waals surface area contributed by atoms with Gasteiger partial charge in [-0.25, -0.2) is 9.67 Å². The first-order valence-corrected chi connectivity index (χ1v) is 8.46. The van der Waals surface area contributed by atoms with Crippen LogP contribution in [0.4, 0.5) is 5.69 Å². The fourth-order valence-corrected chi connectivity index (χ4v) is 2.52. The third-order valence-corrected chi connectivity index (χ3v) is 4.05. The minimum Gasteiger partial charge on any atom is -0.495 e. The molecule has 0 unspecified atom stereocenters. The first kappa shape index (κ1) is 18.7. The van der Waals surface area contributed by atoms with Crippen LogP contribution in [-0.4, -0.2) is 39.9 Å². The second-order valence-corrected chi connectivity index (χ2v) is 5.99. The number of carbonyl (C=O) groups is 1. The molecule has 0 radical (unpaired) electrons. The topological polar surface area (TPSA) is 91.2 Å². The average Bonchev–Trinajstić information content (AvgIpc) is 3.09. The molecule has 0 fully saturated rings. The fourth-order valence-electron chi connectivity index (χ4n) is 2.41. The number of esters is 1. The molecule has 0 saturated carbocycles. The van der Waals surface area contributed by atoms with Crippen LogP contribution in [0, 0.1) is 0 Å². The smallest absolute Gasteiger partial charge is 0.311 e. The lowest BCUT2D eigenvalue weighted by molar-refractivity contribution is -0.139. The van der Waals surface area contributed by atoms with Crippen molar-refractivity contribution in [3.63, 3.8) is 0 Å². The summed E-state index contributed by atoms with van der Waals surface area (Å²) >= 11 is 5.84. The van der Waals surface area contributed by atoms with Gasteiger partial charge in [0.05, 0.1) is 56.3 Å². The zero-order chi connectivity index (χ0) is 19.2. The van der Waals surface area contributed by atoms with E-state index in [1.807, 2.05) is 12.3 Å². The summed E-state index contributed by atoms with van der Waals surface area (Å²) in [5.41, 5.74) is 2.98. The molecular formula is C18H18ClN5O3. The van der Waals surface area contributed by atoms with Gasteiger partial charge in [-0.2, -0.15) is 5.10 Å². The second-order valence-electron chi connectivity index (χ2n) is 5.60. The molecule has 8 nitrogen and oxygen atoms in total. The van der Waals surface area contributed by atoms with E-state index in [2.05, 4.69) is 20.4 Å². The number of hydrogen-bond donors (Lipinski definition) is 1. The summed E-state index contributed by atoms with van der Waals surface area (Å²) in [6, 6.07) is 5.31. The van der Waals surface area contributed by atoms with Crippen LogP contribution in [0.2, 0.25) is 5.15 Å². The number of hydrogen-bond acceptors (Lipinski definition) is 7. The Labute approximate surface area is 161 Å². The van der Waals surface area contributed by atoms with Gasteiger partial charge in [-0.15, -0.1) is 0 Å². The molecule has 0 aliphatic carbocycles. The van der Waals surface area contributed by atoms with E-state index in [9.17, 15) is 4.79 Å². The van der Waals surface area contributed by atoms with E-state index in [4.69, 9.17) is 21.1 Å². The number of nitrogens with zero attached hydrogens (tertiary/aromatic N) is 4. The quantitative estimate of drug-likeness (QED) is 0.492. The molecule has 1 N–H and O–H groups in total. The van der Waals surface area contributed by atoms with Crippen molar-refractivity contribution < 1.29 is 14.3 Å². The van der Waals surface area contributed by atoms with Crippen LogP contribution in [-0.2, 0) is 22.5 Å². The Morgan fingerprint density at radius 3 is 2.81 bits per heavy atom. The highest BCUT2D eigenvalue weighted by atomic mass is 35.5. The van der Waals surface area contributed by atoms with E-state index in [-0.39, 0.29) is 12.4 Å². The average molecular weight is 388 g/mol. The first-order valence-electron chi connectivity index (χ1n) is 8.08. The molecule has 3 heterocycles. The zero-order valence-corrected chi connectivity index (χ0v) is 15.6. The van der Waals surface area contributed by atoms with Crippen LogP contribution in [0.25, 0.3) is 5.69 Å². The Bertz CT molecular complexity index is 927. The van der Waals surface area contributed by atoms with Crippen molar-refractivity contribution in [3.05, 3.63) is 59.4 Å². The predicted molar refractivity (Wildman–Crippen MR) is 100 cm³/mol. The van der Waals surface area contributed by atoms with Gasteiger partial charge in [-0.3, -0.25) is 9.78 Å². The molecule has 0 bridgehead atoms. The highest BCUT2D eigenvalue weighted by molar-refractivity contribution is 6.29. The maximum atomic E-state index is 11.7. The van der Waals surface area contributed by atoms with Gasteiger partial charge in [0.2, 0.25) is 0 Å². The Hall–Kier alpha value is -3.13. The number of aromatic nitrogens is 4. The summed E-state index contributed by atoms with van der Waals surface area (Å²) in [5.74, 6) is 0.288. The third kappa shape index (κ3) is 4.73. The van der Waals surface area contributed by atoms with Crippen molar-refractivity contribution in [2.24, 2.45) is 0 Å². The lowest BCUT2D eigenvalue weighted by atomic mass is 10.2. The minimum atomic E-state index is -0.362. The van der Waals surface area contributed by atoms with Gasteiger partial charge < -0.3 is 14.8 Å². The summed E-state index contributed by atoms with van der Waals surface area (Å²) < 4.78 is 11.6. The van der Waals surface area contributed by atoms with Crippen LogP contribution >= 0.6 is 11.6 Å².